The Morgan fingerprint density at radius 1 is 1.36 bits per heavy atom. The highest BCUT2D eigenvalue weighted by Gasteiger charge is 2.29. The number of hydrogen-bond acceptors (Lipinski definition) is 2. The van der Waals surface area contributed by atoms with Gasteiger partial charge in [0.25, 0.3) is 0 Å². The minimum Gasteiger partial charge on any atom is -0.481 e. The molecule has 14 heavy (non-hydrogen) atoms. The van der Waals surface area contributed by atoms with E-state index < -0.39 is 11.6 Å². The van der Waals surface area contributed by atoms with Gasteiger partial charge >= 0.3 is 5.97 Å². The summed E-state index contributed by atoms with van der Waals surface area (Å²) in [6, 6.07) is 8.90. The van der Waals surface area contributed by atoms with E-state index >= 15 is 0 Å². The summed E-state index contributed by atoms with van der Waals surface area (Å²) < 4.78 is 0. The molecule has 0 heterocycles. The summed E-state index contributed by atoms with van der Waals surface area (Å²) in [5.41, 5.74) is -0.586. The number of benzene rings is 1. The van der Waals surface area contributed by atoms with Crippen LogP contribution in [0.15, 0.2) is 30.3 Å². The lowest BCUT2D eigenvalue weighted by Gasteiger charge is -2.25. The van der Waals surface area contributed by atoms with E-state index in [1.54, 1.807) is 31.2 Å². The van der Waals surface area contributed by atoms with Crippen LogP contribution in [0.2, 0.25) is 0 Å². The topological polar surface area (TPSA) is 57.5 Å². The molecule has 0 aliphatic carbocycles. The monoisotopic (exact) mass is 194 g/mol. The van der Waals surface area contributed by atoms with Crippen LogP contribution in [-0.4, -0.2) is 16.2 Å². The fourth-order valence-corrected chi connectivity index (χ4v) is 1.43. The number of aliphatic hydroxyl groups is 1. The molecule has 3 nitrogen and oxygen atoms in total. The van der Waals surface area contributed by atoms with Crippen LogP contribution in [0.25, 0.3) is 0 Å². The molecule has 1 unspecified atom stereocenters. The van der Waals surface area contributed by atoms with Crippen molar-refractivity contribution in [3.63, 3.8) is 0 Å². The van der Waals surface area contributed by atoms with Crippen LogP contribution >= 0.6 is 0 Å². The molecule has 0 saturated heterocycles. The minimum absolute atomic E-state index is 0.256. The Balaban J connectivity index is 2.95. The number of carboxylic acid groups (broad SMARTS) is 1. The molecule has 1 aromatic carbocycles. The Hall–Kier alpha value is -1.35. The van der Waals surface area contributed by atoms with Crippen LogP contribution in [0.3, 0.4) is 0 Å². The molecule has 3 heteroatoms. The second kappa shape index (κ2) is 4.24. The number of rotatable bonds is 4. The van der Waals surface area contributed by atoms with Gasteiger partial charge in [0.05, 0.1) is 12.0 Å². The van der Waals surface area contributed by atoms with Gasteiger partial charge in [0.15, 0.2) is 0 Å². The second-order valence-corrected chi connectivity index (χ2v) is 3.32. The van der Waals surface area contributed by atoms with Crippen LogP contribution in [0, 0.1) is 0 Å². The summed E-state index contributed by atoms with van der Waals surface area (Å²) in [5, 5.41) is 18.8. The largest absolute Gasteiger partial charge is 0.481 e. The third kappa shape index (κ3) is 2.33. The van der Waals surface area contributed by atoms with Crippen LogP contribution in [0.4, 0.5) is 0 Å². The summed E-state index contributed by atoms with van der Waals surface area (Å²) in [6.45, 7) is 1.77. The first-order valence-corrected chi connectivity index (χ1v) is 4.58. The maximum Gasteiger partial charge on any atom is 0.306 e. The summed E-state index contributed by atoms with van der Waals surface area (Å²) in [6.07, 6.45) is 0.136. The van der Waals surface area contributed by atoms with E-state index in [2.05, 4.69) is 0 Å². The fourth-order valence-electron chi connectivity index (χ4n) is 1.43. The maximum atomic E-state index is 10.6. The summed E-state index contributed by atoms with van der Waals surface area (Å²) >= 11 is 0. The molecule has 0 aliphatic heterocycles. The van der Waals surface area contributed by atoms with E-state index in [4.69, 9.17) is 5.11 Å². The Labute approximate surface area is 83.0 Å². The highest BCUT2D eigenvalue weighted by Crippen LogP contribution is 2.28. The molecule has 1 aromatic rings. The zero-order valence-electron chi connectivity index (χ0n) is 8.10. The van der Waals surface area contributed by atoms with Crippen molar-refractivity contribution in [3.05, 3.63) is 35.9 Å². The predicted octanol–water partition coefficient (Wildman–Crippen LogP) is 1.76. The van der Waals surface area contributed by atoms with Crippen LogP contribution in [0.1, 0.15) is 25.3 Å². The molecule has 0 spiro atoms. The normalized spacial score (nSPS) is 14.7. The SMILES string of the molecule is CCC(O)(CC(=O)O)c1ccccc1. The van der Waals surface area contributed by atoms with Crippen molar-refractivity contribution in [2.45, 2.75) is 25.4 Å². The molecule has 2 N–H and O–H groups in total. The van der Waals surface area contributed by atoms with E-state index in [1.807, 2.05) is 6.07 Å². The van der Waals surface area contributed by atoms with Gasteiger partial charge in [0.1, 0.15) is 0 Å². The lowest BCUT2D eigenvalue weighted by Crippen LogP contribution is -2.28. The summed E-state index contributed by atoms with van der Waals surface area (Å²) in [7, 11) is 0. The Morgan fingerprint density at radius 3 is 2.36 bits per heavy atom. The molecule has 1 rings (SSSR count). The van der Waals surface area contributed by atoms with Gasteiger partial charge < -0.3 is 10.2 Å². The quantitative estimate of drug-likeness (QED) is 0.767. The van der Waals surface area contributed by atoms with Gasteiger partial charge in [-0.15, -0.1) is 0 Å². The van der Waals surface area contributed by atoms with Gasteiger partial charge in [-0.1, -0.05) is 37.3 Å². The van der Waals surface area contributed by atoms with Crippen LogP contribution in [-0.2, 0) is 10.4 Å². The lowest BCUT2D eigenvalue weighted by atomic mass is 9.88. The van der Waals surface area contributed by atoms with Crippen molar-refractivity contribution in [3.8, 4) is 0 Å². The maximum absolute atomic E-state index is 10.6. The van der Waals surface area contributed by atoms with Gasteiger partial charge in [-0.3, -0.25) is 4.79 Å². The van der Waals surface area contributed by atoms with Gasteiger partial charge in [0.2, 0.25) is 0 Å². The van der Waals surface area contributed by atoms with Crippen LogP contribution in [0.5, 0.6) is 0 Å². The zero-order valence-corrected chi connectivity index (χ0v) is 8.10. The first-order valence-electron chi connectivity index (χ1n) is 4.58. The lowest BCUT2D eigenvalue weighted by molar-refractivity contribution is -0.143. The fraction of sp³-hybridized carbons (Fsp3) is 0.364. The minimum atomic E-state index is -1.24. The van der Waals surface area contributed by atoms with Crippen LogP contribution < -0.4 is 0 Å². The third-order valence-corrected chi connectivity index (χ3v) is 2.34. The highest BCUT2D eigenvalue weighted by molar-refractivity contribution is 5.68. The smallest absolute Gasteiger partial charge is 0.306 e. The number of carbonyl (C=O) groups is 1. The van der Waals surface area contributed by atoms with Crippen molar-refractivity contribution in [2.24, 2.45) is 0 Å². The molecule has 1 atom stereocenters. The Bertz CT molecular complexity index is 308. The molecule has 0 aliphatic rings. The van der Waals surface area contributed by atoms with Crippen molar-refractivity contribution in [1.29, 1.82) is 0 Å². The molecular formula is C11H14O3. The Kier molecular flexibility index (Phi) is 3.25. The van der Waals surface area contributed by atoms with E-state index in [0.717, 1.165) is 0 Å². The van der Waals surface area contributed by atoms with Gasteiger partial charge in [-0.05, 0) is 12.0 Å². The summed E-state index contributed by atoms with van der Waals surface area (Å²) in [5.74, 6) is -0.988. The zero-order chi connectivity index (χ0) is 10.6. The average Bonchev–Trinajstić information content (AvgIpc) is 2.18. The number of hydrogen-bond donors (Lipinski definition) is 2. The van der Waals surface area contributed by atoms with Crippen molar-refractivity contribution >= 4 is 5.97 Å². The molecular weight excluding hydrogens is 180 g/mol. The van der Waals surface area contributed by atoms with E-state index in [-0.39, 0.29) is 6.42 Å². The van der Waals surface area contributed by atoms with E-state index in [9.17, 15) is 9.90 Å². The van der Waals surface area contributed by atoms with Gasteiger partial charge in [-0.2, -0.15) is 0 Å². The van der Waals surface area contributed by atoms with E-state index in [1.165, 1.54) is 0 Å². The molecule has 0 radical (unpaired) electrons. The molecule has 0 saturated carbocycles. The molecule has 0 aromatic heterocycles. The highest BCUT2D eigenvalue weighted by atomic mass is 16.4. The molecule has 0 amide bonds. The number of aliphatic carboxylic acids is 1. The molecule has 76 valence electrons. The van der Waals surface area contributed by atoms with Crippen molar-refractivity contribution < 1.29 is 15.0 Å². The standard InChI is InChI=1S/C11H14O3/c1-2-11(14,8-10(12)13)9-6-4-3-5-7-9/h3-7,14H,2,8H2,1H3,(H,12,13). The van der Waals surface area contributed by atoms with Crippen molar-refractivity contribution in [2.75, 3.05) is 0 Å². The molecule has 0 fully saturated rings. The van der Waals surface area contributed by atoms with Gasteiger partial charge in [0, 0.05) is 0 Å². The number of carboxylic acids is 1. The second-order valence-electron chi connectivity index (χ2n) is 3.32. The predicted molar refractivity (Wildman–Crippen MR) is 52.9 cm³/mol. The first-order chi connectivity index (χ1) is 6.58. The van der Waals surface area contributed by atoms with E-state index in [0.29, 0.717) is 12.0 Å². The average molecular weight is 194 g/mol. The first kappa shape index (κ1) is 10.7. The molecule has 0 bridgehead atoms. The third-order valence-electron chi connectivity index (χ3n) is 2.34. The van der Waals surface area contributed by atoms with Crippen molar-refractivity contribution in [1.82, 2.24) is 0 Å². The van der Waals surface area contributed by atoms with Gasteiger partial charge in [-0.25, -0.2) is 0 Å². The summed E-state index contributed by atoms with van der Waals surface area (Å²) in [4.78, 5) is 10.6. The Morgan fingerprint density at radius 2 is 1.93 bits per heavy atom.